The van der Waals surface area contributed by atoms with Crippen molar-refractivity contribution in [2.45, 2.75) is 25.3 Å². The van der Waals surface area contributed by atoms with E-state index in [0.29, 0.717) is 6.04 Å². The summed E-state index contributed by atoms with van der Waals surface area (Å²) in [6.45, 7) is 2.96. The van der Waals surface area contributed by atoms with E-state index < -0.39 is 0 Å². The van der Waals surface area contributed by atoms with Gasteiger partial charge < -0.3 is 9.73 Å². The summed E-state index contributed by atoms with van der Waals surface area (Å²) < 4.78 is 5.71. The third-order valence-corrected chi connectivity index (χ3v) is 4.18. The van der Waals surface area contributed by atoms with Crippen molar-refractivity contribution < 1.29 is 4.42 Å². The smallest absolute Gasteiger partial charge is 0.118 e. The highest BCUT2D eigenvalue weighted by atomic mass is 32.2. The summed E-state index contributed by atoms with van der Waals surface area (Å²) in [5, 5.41) is 5.57. The van der Waals surface area contributed by atoms with Crippen LogP contribution in [0, 0.1) is 0 Å². The van der Waals surface area contributed by atoms with Gasteiger partial charge in [-0.2, -0.15) is 11.8 Å². The number of thioether (sulfide) groups is 1. The van der Waals surface area contributed by atoms with Crippen LogP contribution in [0.3, 0.4) is 0 Å². The lowest BCUT2D eigenvalue weighted by atomic mass is 10.2. The Morgan fingerprint density at radius 3 is 2.88 bits per heavy atom. The Morgan fingerprint density at radius 2 is 2.18 bits per heavy atom. The first-order valence-corrected chi connectivity index (χ1v) is 7.90. The quantitative estimate of drug-likeness (QED) is 0.854. The summed E-state index contributed by atoms with van der Waals surface area (Å²) >= 11 is 3.56. The van der Waals surface area contributed by atoms with Crippen molar-refractivity contribution in [2.24, 2.45) is 0 Å². The molecule has 92 valence electrons. The zero-order valence-electron chi connectivity index (χ0n) is 10.1. The lowest BCUT2D eigenvalue weighted by Gasteiger charge is -2.10. The number of furan rings is 1. The van der Waals surface area contributed by atoms with Crippen LogP contribution >= 0.6 is 23.1 Å². The van der Waals surface area contributed by atoms with E-state index in [-0.39, 0.29) is 0 Å². The molecular weight excluding hydrogens is 250 g/mol. The fraction of sp³-hybridized carbons (Fsp3) is 0.385. The Balaban J connectivity index is 1.84. The van der Waals surface area contributed by atoms with Crippen LogP contribution in [-0.4, -0.2) is 6.26 Å². The average Bonchev–Trinajstić information content (AvgIpc) is 2.97. The maximum Gasteiger partial charge on any atom is 0.118 e. The second kappa shape index (κ2) is 6.28. The molecule has 0 radical (unpaired) electrons. The van der Waals surface area contributed by atoms with E-state index in [2.05, 4.69) is 48.1 Å². The molecule has 0 aromatic carbocycles. The molecule has 0 spiro atoms. The van der Waals surface area contributed by atoms with Gasteiger partial charge in [0.1, 0.15) is 11.5 Å². The SMILES string of the molecule is CSCc1ccc(CN[C@@H](C)c2cccs2)o1. The molecule has 0 saturated heterocycles. The summed E-state index contributed by atoms with van der Waals surface area (Å²) in [4.78, 5) is 1.36. The van der Waals surface area contributed by atoms with E-state index in [0.717, 1.165) is 23.8 Å². The molecule has 2 nitrogen and oxygen atoms in total. The second-order valence-electron chi connectivity index (χ2n) is 3.92. The molecule has 4 heteroatoms. The number of thiophene rings is 1. The molecule has 17 heavy (non-hydrogen) atoms. The van der Waals surface area contributed by atoms with Gasteiger partial charge in [0.05, 0.1) is 12.3 Å². The van der Waals surface area contributed by atoms with Crippen molar-refractivity contribution in [1.29, 1.82) is 0 Å². The zero-order chi connectivity index (χ0) is 12.1. The predicted molar refractivity (Wildman–Crippen MR) is 75.5 cm³/mol. The normalized spacial score (nSPS) is 12.8. The van der Waals surface area contributed by atoms with Crippen molar-refractivity contribution in [3.8, 4) is 0 Å². The minimum Gasteiger partial charge on any atom is -0.464 e. The predicted octanol–water partition coefficient (Wildman–Crippen LogP) is 4.05. The van der Waals surface area contributed by atoms with Crippen molar-refractivity contribution in [2.75, 3.05) is 6.26 Å². The molecule has 0 bridgehead atoms. The minimum absolute atomic E-state index is 0.379. The van der Waals surface area contributed by atoms with Gasteiger partial charge in [0.2, 0.25) is 0 Å². The molecular formula is C13H17NOS2. The molecule has 0 aliphatic heterocycles. The van der Waals surface area contributed by atoms with Crippen LogP contribution in [-0.2, 0) is 12.3 Å². The Hall–Kier alpha value is -0.710. The lowest BCUT2D eigenvalue weighted by molar-refractivity contribution is 0.444. The van der Waals surface area contributed by atoms with E-state index in [1.165, 1.54) is 4.88 Å². The van der Waals surface area contributed by atoms with Crippen LogP contribution in [0.2, 0.25) is 0 Å². The molecule has 2 rings (SSSR count). The second-order valence-corrected chi connectivity index (χ2v) is 5.76. The van der Waals surface area contributed by atoms with Gasteiger partial charge in [0, 0.05) is 10.9 Å². The number of rotatable bonds is 6. The van der Waals surface area contributed by atoms with Crippen molar-refractivity contribution in [1.82, 2.24) is 5.32 Å². The molecule has 2 aromatic rings. The van der Waals surface area contributed by atoms with Crippen LogP contribution in [0.5, 0.6) is 0 Å². The number of nitrogens with one attached hydrogen (secondary N) is 1. The van der Waals surface area contributed by atoms with Crippen LogP contribution in [0.25, 0.3) is 0 Å². The fourth-order valence-electron chi connectivity index (χ4n) is 1.63. The summed E-state index contributed by atoms with van der Waals surface area (Å²) in [5.74, 6) is 3.01. The highest BCUT2D eigenvalue weighted by Gasteiger charge is 2.07. The van der Waals surface area contributed by atoms with E-state index in [1.54, 1.807) is 23.1 Å². The highest BCUT2D eigenvalue weighted by molar-refractivity contribution is 7.97. The van der Waals surface area contributed by atoms with Crippen LogP contribution < -0.4 is 5.32 Å². The van der Waals surface area contributed by atoms with Gasteiger partial charge in [0.25, 0.3) is 0 Å². The summed E-state index contributed by atoms with van der Waals surface area (Å²) in [5.41, 5.74) is 0. The maximum atomic E-state index is 5.71. The van der Waals surface area contributed by atoms with Gasteiger partial charge in [0.15, 0.2) is 0 Å². The Labute approximate surface area is 110 Å². The molecule has 0 amide bonds. The Morgan fingerprint density at radius 1 is 1.35 bits per heavy atom. The van der Waals surface area contributed by atoms with Gasteiger partial charge >= 0.3 is 0 Å². The van der Waals surface area contributed by atoms with Gasteiger partial charge in [-0.05, 0) is 36.8 Å². The number of hydrogen-bond donors (Lipinski definition) is 1. The topological polar surface area (TPSA) is 25.2 Å². The molecule has 0 aliphatic carbocycles. The molecule has 0 aliphatic rings. The molecule has 1 N–H and O–H groups in total. The monoisotopic (exact) mass is 267 g/mol. The molecule has 2 heterocycles. The van der Waals surface area contributed by atoms with Gasteiger partial charge in [-0.1, -0.05) is 6.07 Å². The number of hydrogen-bond acceptors (Lipinski definition) is 4. The maximum absolute atomic E-state index is 5.71. The van der Waals surface area contributed by atoms with Crippen molar-refractivity contribution >= 4 is 23.1 Å². The molecule has 1 atom stereocenters. The van der Waals surface area contributed by atoms with Gasteiger partial charge in [-0.3, -0.25) is 0 Å². The lowest BCUT2D eigenvalue weighted by Crippen LogP contribution is -2.16. The molecule has 2 aromatic heterocycles. The van der Waals surface area contributed by atoms with Crippen molar-refractivity contribution in [3.63, 3.8) is 0 Å². The summed E-state index contributed by atoms with van der Waals surface area (Å²) in [6.07, 6.45) is 2.08. The first-order chi connectivity index (χ1) is 8.29. The van der Waals surface area contributed by atoms with Gasteiger partial charge in [-0.25, -0.2) is 0 Å². The summed E-state index contributed by atoms with van der Waals surface area (Å²) in [6, 6.07) is 8.73. The van der Waals surface area contributed by atoms with Crippen LogP contribution in [0.4, 0.5) is 0 Å². The largest absolute Gasteiger partial charge is 0.464 e. The van der Waals surface area contributed by atoms with Crippen molar-refractivity contribution in [3.05, 3.63) is 46.0 Å². The van der Waals surface area contributed by atoms with Crippen LogP contribution in [0.1, 0.15) is 29.4 Å². The highest BCUT2D eigenvalue weighted by Crippen LogP contribution is 2.19. The van der Waals surface area contributed by atoms with E-state index in [4.69, 9.17) is 4.42 Å². The fourth-order valence-corrected chi connectivity index (χ4v) is 2.83. The molecule has 0 unspecified atom stereocenters. The third kappa shape index (κ3) is 3.63. The van der Waals surface area contributed by atoms with Crippen LogP contribution in [0.15, 0.2) is 34.1 Å². The van der Waals surface area contributed by atoms with E-state index >= 15 is 0 Å². The van der Waals surface area contributed by atoms with E-state index in [9.17, 15) is 0 Å². The first kappa shape index (κ1) is 12.7. The first-order valence-electron chi connectivity index (χ1n) is 5.63. The minimum atomic E-state index is 0.379. The summed E-state index contributed by atoms with van der Waals surface area (Å²) in [7, 11) is 0. The zero-order valence-corrected chi connectivity index (χ0v) is 11.7. The van der Waals surface area contributed by atoms with E-state index in [1.807, 2.05) is 0 Å². The standard InChI is InChI=1S/C13H17NOS2/c1-10(13-4-3-7-17-13)14-8-11-5-6-12(15-11)9-16-2/h3-7,10,14H,8-9H2,1-2H3/t10-/m0/s1. The Kier molecular flexibility index (Phi) is 4.71. The Bertz CT molecular complexity index is 436. The van der Waals surface area contributed by atoms with Gasteiger partial charge in [-0.15, -0.1) is 11.3 Å². The average molecular weight is 267 g/mol. The third-order valence-electron chi connectivity index (χ3n) is 2.56. The molecule has 0 fully saturated rings. The molecule has 0 saturated carbocycles.